The average molecular weight is 300 g/mol. The Morgan fingerprint density at radius 3 is 2.91 bits per heavy atom. The smallest absolute Gasteiger partial charge is 0.162 e. The zero-order valence-electron chi connectivity index (χ0n) is 13.3. The molecule has 22 heavy (non-hydrogen) atoms. The van der Waals surface area contributed by atoms with Gasteiger partial charge in [-0.1, -0.05) is 13.0 Å². The van der Waals surface area contributed by atoms with Gasteiger partial charge < -0.3 is 9.84 Å². The summed E-state index contributed by atoms with van der Waals surface area (Å²) in [6, 6.07) is 6.46. The summed E-state index contributed by atoms with van der Waals surface area (Å²) in [5, 5.41) is 10.3. The Balaban J connectivity index is 1.70. The molecule has 1 aromatic rings. The minimum absolute atomic E-state index is 0.0636. The lowest BCUT2D eigenvalue weighted by atomic mass is 9.55. The first-order chi connectivity index (χ1) is 10.5. The molecule has 3 aliphatic carbocycles. The predicted molar refractivity (Wildman–Crippen MR) is 84.0 cm³/mol. The van der Waals surface area contributed by atoms with Crippen molar-refractivity contribution in [3.05, 3.63) is 29.3 Å². The molecule has 118 valence electrons. The first-order valence-electron chi connectivity index (χ1n) is 8.42. The van der Waals surface area contributed by atoms with Gasteiger partial charge in [-0.15, -0.1) is 0 Å². The Kier molecular flexibility index (Phi) is 3.12. The molecule has 3 heteroatoms. The summed E-state index contributed by atoms with van der Waals surface area (Å²) in [6.07, 6.45) is 4.06. The number of hydrogen-bond acceptors (Lipinski definition) is 3. The molecular weight excluding hydrogens is 276 g/mol. The van der Waals surface area contributed by atoms with Crippen molar-refractivity contribution in [3.8, 4) is 5.75 Å². The highest BCUT2D eigenvalue weighted by Gasteiger charge is 2.57. The van der Waals surface area contributed by atoms with Crippen molar-refractivity contribution in [2.45, 2.75) is 51.0 Å². The number of methoxy groups -OCH3 is 1. The van der Waals surface area contributed by atoms with Gasteiger partial charge in [0, 0.05) is 11.8 Å². The normalized spacial score (nSPS) is 39.9. The summed E-state index contributed by atoms with van der Waals surface area (Å²) < 4.78 is 5.35. The van der Waals surface area contributed by atoms with E-state index in [1.807, 2.05) is 0 Å². The number of hydrogen-bond donors (Lipinski definition) is 1. The van der Waals surface area contributed by atoms with Crippen LogP contribution in [0.5, 0.6) is 5.75 Å². The quantitative estimate of drug-likeness (QED) is 0.867. The Bertz CT molecular complexity index is 623. The number of rotatable bonds is 1. The lowest BCUT2D eigenvalue weighted by molar-refractivity contribution is -0.128. The SMILES string of the molecule is COc1ccc2c(c1)CC[C@H]1[C@H]2CC[C@@]2(C)[C@@H](O)C(=O)C[C@@H]12. The van der Waals surface area contributed by atoms with Crippen LogP contribution in [0.3, 0.4) is 0 Å². The van der Waals surface area contributed by atoms with E-state index in [9.17, 15) is 9.90 Å². The van der Waals surface area contributed by atoms with Gasteiger partial charge in [0.15, 0.2) is 5.78 Å². The third-order valence-corrected chi connectivity index (χ3v) is 6.72. The average Bonchev–Trinajstić information content (AvgIpc) is 2.77. The summed E-state index contributed by atoms with van der Waals surface area (Å²) in [5.74, 6) is 2.44. The number of benzene rings is 1. The summed E-state index contributed by atoms with van der Waals surface area (Å²) in [4.78, 5) is 12.1. The van der Waals surface area contributed by atoms with Crippen LogP contribution >= 0.6 is 0 Å². The molecule has 0 aliphatic heterocycles. The molecule has 4 rings (SSSR count). The van der Waals surface area contributed by atoms with E-state index in [4.69, 9.17) is 4.74 Å². The van der Waals surface area contributed by atoms with Crippen LogP contribution in [0, 0.1) is 17.3 Å². The number of carbonyl (C=O) groups excluding carboxylic acids is 1. The van der Waals surface area contributed by atoms with Gasteiger partial charge in [0.2, 0.25) is 0 Å². The van der Waals surface area contributed by atoms with Gasteiger partial charge in [-0.3, -0.25) is 4.79 Å². The maximum Gasteiger partial charge on any atom is 0.162 e. The Morgan fingerprint density at radius 2 is 2.14 bits per heavy atom. The number of carbonyl (C=O) groups is 1. The molecular formula is C19H24O3. The minimum atomic E-state index is -0.740. The number of ketones is 1. The summed E-state index contributed by atoms with van der Waals surface area (Å²) in [6.45, 7) is 2.13. The molecule has 3 nitrogen and oxygen atoms in total. The van der Waals surface area contributed by atoms with Crippen molar-refractivity contribution in [1.29, 1.82) is 0 Å². The number of ether oxygens (including phenoxy) is 1. The predicted octanol–water partition coefficient (Wildman–Crippen LogP) is 3.09. The maximum absolute atomic E-state index is 12.1. The van der Waals surface area contributed by atoms with Crippen LogP contribution in [0.15, 0.2) is 18.2 Å². The van der Waals surface area contributed by atoms with Crippen molar-refractivity contribution < 1.29 is 14.6 Å². The molecule has 0 unspecified atom stereocenters. The van der Waals surface area contributed by atoms with E-state index in [0.29, 0.717) is 24.2 Å². The third kappa shape index (κ3) is 1.81. The van der Waals surface area contributed by atoms with Crippen LogP contribution in [-0.2, 0) is 11.2 Å². The molecule has 2 saturated carbocycles. The van der Waals surface area contributed by atoms with Crippen LogP contribution in [-0.4, -0.2) is 24.1 Å². The summed E-state index contributed by atoms with van der Waals surface area (Å²) >= 11 is 0. The van der Waals surface area contributed by atoms with Gasteiger partial charge in [0.25, 0.3) is 0 Å². The summed E-state index contributed by atoms with van der Waals surface area (Å²) in [7, 11) is 1.71. The molecule has 0 bridgehead atoms. The van der Waals surface area contributed by atoms with Crippen molar-refractivity contribution >= 4 is 5.78 Å². The van der Waals surface area contributed by atoms with Gasteiger partial charge in [-0.05, 0) is 66.7 Å². The van der Waals surface area contributed by atoms with Crippen LogP contribution in [0.4, 0.5) is 0 Å². The van der Waals surface area contributed by atoms with E-state index >= 15 is 0 Å². The van der Waals surface area contributed by atoms with Crippen LogP contribution < -0.4 is 4.74 Å². The Hall–Kier alpha value is -1.35. The molecule has 1 N–H and O–H groups in total. The second kappa shape index (κ2) is 4.82. The molecule has 0 radical (unpaired) electrons. The van der Waals surface area contributed by atoms with E-state index in [2.05, 4.69) is 25.1 Å². The van der Waals surface area contributed by atoms with Crippen LogP contribution in [0.2, 0.25) is 0 Å². The maximum atomic E-state index is 12.1. The van der Waals surface area contributed by atoms with Crippen molar-refractivity contribution in [3.63, 3.8) is 0 Å². The lowest BCUT2D eigenvalue weighted by Crippen LogP contribution is -2.44. The zero-order chi connectivity index (χ0) is 15.5. The number of Topliss-reactive ketones (excluding diaryl/α,β-unsaturated/α-hetero) is 1. The molecule has 0 spiro atoms. The summed E-state index contributed by atoms with van der Waals surface area (Å²) in [5.41, 5.74) is 2.67. The van der Waals surface area contributed by atoms with Crippen molar-refractivity contribution in [2.24, 2.45) is 17.3 Å². The molecule has 0 amide bonds. The first-order valence-corrected chi connectivity index (χ1v) is 8.42. The number of fused-ring (bicyclic) bond motifs is 5. The fraction of sp³-hybridized carbons (Fsp3) is 0.632. The van der Waals surface area contributed by atoms with Gasteiger partial charge >= 0.3 is 0 Å². The molecule has 0 saturated heterocycles. The highest BCUT2D eigenvalue weighted by molar-refractivity contribution is 5.86. The first kappa shape index (κ1) is 14.3. The standard InChI is InChI=1S/C19H24O3/c1-19-8-7-14-13-6-4-12(22-2)9-11(13)3-5-15(14)16(19)10-17(20)18(19)21/h4,6,9,14-16,18,21H,3,5,7-8,10H2,1-2H3/t14-,15-,16-,18-,19+/m0/s1. The molecule has 2 fully saturated rings. The van der Waals surface area contributed by atoms with Crippen molar-refractivity contribution in [2.75, 3.05) is 7.11 Å². The Labute approximate surface area is 131 Å². The van der Waals surface area contributed by atoms with Crippen LogP contribution in [0.25, 0.3) is 0 Å². The van der Waals surface area contributed by atoms with E-state index < -0.39 is 6.10 Å². The van der Waals surface area contributed by atoms with Gasteiger partial charge in [0.05, 0.1) is 7.11 Å². The number of aryl methyl sites for hydroxylation is 1. The number of aliphatic hydroxyl groups excluding tert-OH is 1. The highest BCUT2D eigenvalue weighted by Crippen LogP contribution is 2.60. The second-order valence-electron chi connectivity index (χ2n) is 7.60. The minimum Gasteiger partial charge on any atom is -0.497 e. The monoisotopic (exact) mass is 300 g/mol. The van der Waals surface area contributed by atoms with Gasteiger partial charge in [-0.2, -0.15) is 0 Å². The fourth-order valence-electron chi connectivity index (χ4n) is 5.45. The highest BCUT2D eigenvalue weighted by atomic mass is 16.5. The molecule has 1 aromatic carbocycles. The van der Waals surface area contributed by atoms with E-state index in [1.54, 1.807) is 7.11 Å². The molecule has 5 atom stereocenters. The van der Waals surface area contributed by atoms with Gasteiger partial charge in [-0.25, -0.2) is 0 Å². The van der Waals surface area contributed by atoms with E-state index in [-0.39, 0.29) is 11.2 Å². The van der Waals surface area contributed by atoms with Crippen LogP contribution in [0.1, 0.15) is 49.7 Å². The molecule has 0 aromatic heterocycles. The Morgan fingerprint density at radius 1 is 1.32 bits per heavy atom. The second-order valence-corrected chi connectivity index (χ2v) is 7.60. The van der Waals surface area contributed by atoms with E-state index in [0.717, 1.165) is 31.4 Å². The topological polar surface area (TPSA) is 46.5 Å². The van der Waals surface area contributed by atoms with E-state index in [1.165, 1.54) is 11.1 Å². The lowest BCUT2D eigenvalue weighted by Gasteiger charge is -2.49. The zero-order valence-corrected chi connectivity index (χ0v) is 13.3. The molecule has 3 aliphatic rings. The largest absolute Gasteiger partial charge is 0.497 e. The molecule has 0 heterocycles. The number of aliphatic hydroxyl groups is 1. The van der Waals surface area contributed by atoms with Gasteiger partial charge in [0.1, 0.15) is 11.9 Å². The van der Waals surface area contributed by atoms with Crippen molar-refractivity contribution in [1.82, 2.24) is 0 Å². The third-order valence-electron chi connectivity index (χ3n) is 6.72. The fourth-order valence-corrected chi connectivity index (χ4v) is 5.45.